The minimum atomic E-state index is -5.12. The van der Waals surface area contributed by atoms with E-state index in [0.29, 0.717) is 12.1 Å². The number of hydrogen-bond acceptors (Lipinski definition) is 1. The van der Waals surface area contributed by atoms with E-state index < -0.39 is 23.8 Å². The molecule has 0 radical (unpaired) electrons. The molecule has 2 nitrogen and oxygen atoms in total. The smallest absolute Gasteiger partial charge is 0.317 e. The van der Waals surface area contributed by atoms with Crippen LogP contribution >= 0.6 is 15.9 Å². The Kier molecular flexibility index (Phi) is 4.18. The van der Waals surface area contributed by atoms with Crippen molar-refractivity contribution < 1.29 is 31.1 Å². The molecule has 0 heterocycles. The lowest BCUT2D eigenvalue weighted by atomic mass is 10.1. The van der Waals surface area contributed by atoms with Gasteiger partial charge >= 0.3 is 18.3 Å². The molecule has 1 N–H and O–H groups in total. The highest BCUT2D eigenvalue weighted by Gasteiger charge is 2.39. The molecule has 0 spiro atoms. The number of anilines is 1. The third kappa shape index (κ3) is 3.85. The Morgan fingerprint density at radius 3 is 2.05 bits per heavy atom. The number of amides is 1. The van der Waals surface area contributed by atoms with Crippen LogP contribution in [0.1, 0.15) is 11.1 Å². The van der Waals surface area contributed by atoms with E-state index in [-0.39, 0.29) is 15.7 Å². The molecule has 0 aliphatic heterocycles. The monoisotopic (exact) mass is 349 g/mol. The zero-order chi connectivity index (χ0) is 15.0. The van der Waals surface area contributed by atoms with Gasteiger partial charge in [0.1, 0.15) is 0 Å². The summed E-state index contributed by atoms with van der Waals surface area (Å²) in [5.41, 5.74) is -1.52. The molecule has 0 aliphatic rings. The second kappa shape index (κ2) is 5.03. The van der Waals surface area contributed by atoms with Crippen LogP contribution in [0.4, 0.5) is 32.0 Å². The van der Waals surface area contributed by atoms with Crippen molar-refractivity contribution in [1.29, 1.82) is 0 Å². The van der Waals surface area contributed by atoms with Gasteiger partial charge in [-0.25, -0.2) is 0 Å². The maximum Gasteiger partial charge on any atom is 0.471 e. The molecule has 0 aromatic heterocycles. The molecule has 0 aliphatic carbocycles. The number of alkyl halides is 6. The van der Waals surface area contributed by atoms with Crippen molar-refractivity contribution in [3.8, 4) is 0 Å². The van der Waals surface area contributed by atoms with E-state index in [1.54, 1.807) is 0 Å². The van der Waals surface area contributed by atoms with Crippen LogP contribution in [0.3, 0.4) is 0 Å². The first-order valence-electron chi connectivity index (χ1n) is 4.68. The van der Waals surface area contributed by atoms with Crippen LogP contribution in [0.25, 0.3) is 0 Å². The molecule has 0 unspecified atom stereocenters. The molecule has 1 aromatic carbocycles. The summed E-state index contributed by atoms with van der Waals surface area (Å²) in [5, 5.41) is 1.52. The minimum absolute atomic E-state index is 0.140. The van der Waals surface area contributed by atoms with Crippen LogP contribution in [0, 0.1) is 6.92 Å². The molecule has 0 atom stereocenters. The molecule has 9 heteroatoms. The van der Waals surface area contributed by atoms with E-state index in [1.165, 1.54) is 5.32 Å². The quantitative estimate of drug-likeness (QED) is 0.753. The summed E-state index contributed by atoms with van der Waals surface area (Å²) in [6.45, 7) is 1.16. The third-order valence-corrected chi connectivity index (χ3v) is 2.74. The Bertz CT molecular complexity index is 485. The average molecular weight is 350 g/mol. The highest BCUT2D eigenvalue weighted by molar-refractivity contribution is 9.10. The highest BCUT2D eigenvalue weighted by Crippen LogP contribution is 2.36. The van der Waals surface area contributed by atoms with Crippen molar-refractivity contribution in [2.45, 2.75) is 19.3 Å². The van der Waals surface area contributed by atoms with Gasteiger partial charge in [0.2, 0.25) is 0 Å². The van der Waals surface area contributed by atoms with E-state index >= 15 is 0 Å². The first kappa shape index (κ1) is 15.8. The van der Waals surface area contributed by atoms with Crippen molar-refractivity contribution >= 4 is 27.5 Å². The molecule has 19 heavy (non-hydrogen) atoms. The van der Waals surface area contributed by atoms with E-state index in [2.05, 4.69) is 15.9 Å². The van der Waals surface area contributed by atoms with Crippen molar-refractivity contribution in [3.05, 3.63) is 27.7 Å². The molecule has 106 valence electrons. The molecule has 1 amide bonds. The van der Waals surface area contributed by atoms with Gasteiger partial charge in [0.05, 0.1) is 11.3 Å². The Hall–Kier alpha value is -1.25. The van der Waals surface area contributed by atoms with Crippen LogP contribution in [0.5, 0.6) is 0 Å². The maximum absolute atomic E-state index is 12.4. The number of benzene rings is 1. The molecule has 1 aromatic rings. The zero-order valence-corrected chi connectivity index (χ0v) is 10.8. The van der Waals surface area contributed by atoms with Gasteiger partial charge in [-0.1, -0.05) is 0 Å². The summed E-state index contributed by atoms with van der Waals surface area (Å²) in [5.74, 6) is -2.25. The van der Waals surface area contributed by atoms with Crippen molar-refractivity contribution in [2.75, 3.05) is 5.32 Å². The van der Waals surface area contributed by atoms with Crippen molar-refractivity contribution in [1.82, 2.24) is 0 Å². The lowest BCUT2D eigenvalue weighted by Gasteiger charge is -2.15. The molecule has 0 fully saturated rings. The van der Waals surface area contributed by atoms with Gasteiger partial charge in [-0.15, -0.1) is 0 Å². The fourth-order valence-electron chi connectivity index (χ4n) is 1.25. The lowest BCUT2D eigenvalue weighted by Crippen LogP contribution is -2.30. The molecule has 1 rings (SSSR count). The predicted molar refractivity (Wildman–Crippen MR) is 58.6 cm³/mol. The average Bonchev–Trinajstić information content (AvgIpc) is 2.19. The second-order valence-corrected chi connectivity index (χ2v) is 4.45. The number of rotatable bonds is 1. The Morgan fingerprint density at radius 2 is 1.68 bits per heavy atom. The molecular formula is C10H6BrF6NO. The number of aryl methyl sites for hydroxylation is 1. The highest BCUT2D eigenvalue weighted by atomic mass is 79.9. The van der Waals surface area contributed by atoms with E-state index in [1.807, 2.05) is 0 Å². The SMILES string of the molecule is Cc1cc(C(F)(F)F)cc(Br)c1NC(=O)C(F)(F)F. The van der Waals surface area contributed by atoms with E-state index in [4.69, 9.17) is 0 Å². The maximum atomic E-state index is 12.4. The number of carbonyl (C=O) groups is 1. The van der Waals surface area contributed by atoms with Gasteiger partial charge in [0, 0.05) is 4.47 Å². The molecule has 0 saturated carbocycles. The fourth-order valence-corrected chi connectivity index (χ4v) is 1.91. The second-order valence-electron chi connectivity index (χ2n) is 3.60. The Labute approximate surface area is 111 Å². The summed E-state index contributed by atoms with van der Waals surface area (Å²) in [7, 11) is 0. The molecule has 0 saturated heterocycles. The molecular weight excluding hydrogens is 344 g/mol. The number of nitrogens with one attached hydrogen (secondary N) is 1. The summed E-state index contributed by atoms with van der Waals surface area (Å²) in [6, 6.07) is 1.25. The Morgan fingerprint density at radius 1 is 1.16 bits per heavy atom. The van der Waals surface area contributed by atoms with E-state index in [0.717, 1.165) is 6.92 Å². The fraction of sp³-hybridized carbons (Fsp3) is 0.300. The standard InChI is InChI=1S/C10H6BrF6NO/c1-4-2-5(9(12,13)14)3-6(11)7(4)18-8(19)10(15,16)17/h2-3H,1H3,(H,18,19). The number of hydrogen-bond donors (Lipinski definition) is 1. The van der Waals surface area contributed by atoms with Gasteiger partial charge in [0.25, 0.3) is 0 Å². The summed E-state index contributed by atoms with van der Waals surface area (Å²) in [6.07, 6.45) is -9.74. The van der Waals surface area contributed by atoms with Crippen LogP contribution in [0.15, 0.2) is 16.6 Å². The lowest BCUT2D eigenvalue weighted by molar-refractivity contribution is -0.167. The van der Waals surface area contributed by atoms with Gasteiger partial charge in [0.15, 0.2) is 0 Å². The van der Waals surface area contributed by atoms with E-state index in [9.17, 15) is 31.1 Å². The number of carbonyl (C=O) groups excluding carboxylic acids is 1. The summed E-state index contributed by atoms with van der Waals surface area (Å²) < 4.78 is 73.2. The van der Waals surface area contributed by atoms with Crippen LogP contribution in [0.2, 0.25) is 0 Å². The van der Waals surface area contributed by atoms with Gasteiger partial charge < -0.3 is 5.32 Å². The number of halogens is 7. The third-order valence-electron chi connectivity index (χ3n) is 2.11. The van der Waals surface area contributed by atoms with Crippen molar-refractivity contribution in [3.63, 3.8) is 0 Å². The summed E-state index contributed by atoms with van der Waals surface area (Å²) >= 11 is 2.70. The summed E-state index contributed by atoms with van der Waals surface area (Å²) in [4.78, 5) is 10.7. The van der Waals surface area contributed by atoms with Crippen LogP contribution in [-0.4, -0.2) is 12.1 Å². The normalized spacial score (nSPS) is 12.4. The van der Waals surface area contributed by atoms with Gasteiger partial charge in [-0.3, -0.25) is 4.79 Å². The first-order chi connectivity index (χ1) is 8.43. The Balaban J connectivity index is 3.16. The largest absolute Gasteiger partial charge is 0.471 e. The van der Waals surface area contributed by atoms with Crippen LogP contribution in [-0.2, 0) is 11.0 Å². The van der Waals surface area contributed by atoms with Crippen molar-refractivity contribution in [2.24, 2.45) is 0 Å². The van der Waals surface area contributed by atoms with Gasteiger partial charge in [-0.2, -0.15) is 26.3 Å². The first-order valence-corrected chi connectivity index (χ1v) is 5.47. The predicted octanol–water partition coefficient (Wildman–Crippen LogP) is 4.28. The topological polar surface area (TPSA) is 29.1 Å². The van der Waals surface area contributed by atoms with Crippen LogP contribution < -0.4 is 5.32 Å². The van der Waals surface area contributed by atoms with Gasteiger partial charge in [-0.05, 0) is 40.5 Å². The molecule has 0 bridgehead atoms. The minimum Gasteiger partial charge on any atom is -0.317 e. The zero-order valence-electron chi connectivity index (χ0n) is 9.21.